The number of carbonyl (C=O) groups is 2. The third-order valence-corrected chi connectivity index (χ3v) is 4.28. The molecule has 1 N–H and O–H groups in total. The van der Waals surface area contributed by atoms with Crippen LogP contribution in [0.2, 0.25) is 0 Å². The number of rotatable bonds is 4. The number of hydrogen-bond donors (Lipinski definition) is 1. The molecule has 0 spiro atoms. The molecule has 1 amide bonds. The third kappa shape index (κ3) is 3.72. The second-order valence-electron chi connectivity index (χ2n) is 6.20. The zero-order chi connectivity index (χ0) is 18.7. The van der Waals surface area contributed by atoms with E-state index in [2.05, 4.69) is 10.3 Å². The lowest BCUT2D eigenvalue weighted by molar-refractivity contribution is -0.119. The first-order valence-electron chi connectivity index (χ1n) is 8.35. The van der Waals surface area contributed by atoms with E-state index in [0.717, 1.165) is 28.0 Å². The van der Waals surface area contributed by atoms with Crippen molar-refractivity contribution < 1.29 is 14.3 Å². The summed E-state index contributed by atoms with van der Waals surface area (Å²) in [6.45, 7) is 5.38. The highest BCUT2D eigenvalue weighted by atomic mass is 16.5. The van der Waals surface area contributed by atoms with Crippen molar-refractivity contribution in [3.8, 4) is 0 Å². The molecular weight excluding hydrogens is 328 g/mol. The molecule has 0 fully saturated rings. The van der Waals surface area contributed by atoms with E-state index in [1.807, 2.05) is 63.2 Å². The van der Waals surface area contributed by atoms with Crippen molar-refractivity contribution in [1.29, 1.82) is 0 Å². The summed E-state index contributed by atoms with van der Waals surface area (Å²) in [4.78, 5) is 29.0. The highest BCUT2D eigenvalue weighted by Gasteiger charge is 2.15. The van der Waals surface area contributed by atoms with Crippen molar-refractivity contribution >= 4 is 28.5 Å². The Bertz CT molecular complexity index is 996. The van der Waals surface area contributed by atoms with E-state index in [1.54, 1.807) is 6.07 Å². The Balaban J connectivity index is 1.71. The first kappa shape index (κ1) is 17.6. The Morgan fingerprint density at radius 3 is 2.62 bits per heavy atom. The van der Waals surface area contributed by atoms with Gasteiger partial charge in [0.15, 0.2) is 6.61 Å². The summed E-state index contributed by atoms with van der Waals surface area (Å²) in [5.41, 5.74) is 4.64. The molecule has 0 aliphatic rings. The molecule has 26 heavy (non-hydrogen) atoms. The van der Waals surface area contributed by atoms with Gasteiger partial charge in [0, 0.05) is 16.8 Å². The quantitative estimate of drug-likeness (QED) is 0.725. The molecule has 1 heterocycles. The highest BCUT2D eigenvalue weighted by molar-refractivity contribution is 6.04. The maximum absolute atomic E-state index is 12.5. The molecule has 3 aromatic rings. The number of hydrogen-bond acceptors (Lipinski definition) is 4. The Kier molecular flexibility index (Phi) is 4.98. The summed E-state index contributed by atoms with van der Waals surface area (Å²) in [7, 11) is 0. The van der Waals surface area contributed by atoms with Crippen molar-refractivity contribution in [2.45, 2.75) is 20.8 Å². The SMILES string of the molecule is Cc1cc(C(=O)OCC(=O)Nc2cccc(C)c2C)c2ccccc2n1. The fraction of sp³-hybridized carbons (Fsp3) is 0.190. The number of benzene rings is 2. The van der Waals surface area contributed by atoms with Crippen molar-refractivity contribution in [2.75, 3.05) is 11.9 Å². The van der Waals surface area contributed by atoms with Crippen LogP contribution in [0, 0.1) is 20.8 Å². The molecule has 0 aliphatic carbocycles. The van der Waals surface area contributed by atoms with Gasteiger partial charge >= 0.3 is 5.97 Å². The van der Waals surface area contributed by atoms with Gasteiger partial charge in [0.2, 0.25) is 0 Å². The smallest absolute Gasteiger partial charge is 0.339 e. The second kappa shape index (κ2) is 7.35. The highest BCUT2D eigenvalue weighted by Crippen LogP contribution is 2.20. The molecule has 5 nitrogen and oxygen atoms in total. The maximum Gasteiger partial charge on any atom is 0.339 e. The molecule has 1 aromatic heterocycles. The Labute approximate surface area is 152 Å². The van der Waals surface area contributed by atoms with Gasteiger partial charge in [-0.05, 0) is 50.1 Å². The number of amides is 1. The lowest BCUT2D eigenvalue weighted by Crippen LogP contribution is -2.21. The summed E-state index contributed by atoms with van der Waals surface area (Å²) in [5, 5.41) is 3.48. The zero-order valence-electron chi connectivity index (χ0n) is 15.0. The minimum Gasteiger partial charge on any atom is -0.452 e. The van der Waals surface area contributed by atoms with Gasteiger partial charge in [-0.2, -0.15) is 0 Å². The summed E-state index contributed by atoms with van der Waals surface area (Å²) in [6.07, 6.45) is 0. The summed E-state index contributed by atoms with van der Waals surface area (Å²) in [5.74, 6) is -0.912. The van der Waals surface area contributed by atoms with Crippen molar-refractivity contribution in [3.63, 3.8) is 0 Å². The molecule has 0 aliphatic heterocycles. The van der Waals surface area contributed by atoms with Crippen LogP contribution in [0.1, 0.15) is 27.2 Å². The van der Waals surface area contributed by atoms with Crippen LogP contribution in [-0.4, -0.2) is 23.5 Å². The number of anilines is 1. The fourth-order valence-electron chi connectivity index (χ4n) is 2.76. The van der Waals surface area contributed by atoms with E-state index in [-0.39, 0.29) is 12.5 Å². The van der Waals surface area contributed by atoms with E-state index < -0.39 is 5.97 Å². The van der Waals surface area contributed by atoms with Crippen LogP contribution in [-0.2, 0) is 9.53 Å². The van der Waals surface area contributed by atoms with Crippen LogP contribution in [0.25, 0.3) is 10.9 Å². The van der Waals surface area contributed by atoms with Gasteiger partial charge in [-0.1, -0.05) is 30.3 Å². The number of para-hydroxylation sites is 1. The predicted molar refractivity (Wildman–Crippen MR) is 101 cm³/mol. The minimum absolute atomic E-state index is 0.345. The van der Waals surface area contributed by atoms with Gasteiger partial charge in [-0.15, -0.1) is 0 Å². The standard InChI is InChI=1S/C21H20N2O3/c1-13-7-6-10-18(15(13)3)23-20(24)12-26-21(25)17-11-14(2)22-19-9-5-4-8-16(17)19/h4-11H,12H2,1-3H3,(H,23,24). The lowest BCUT2D eigenvalue weighted by Gasteiger charge is -2.11. The maximum atomic E-state index is 12.5. The Hall–Kier alpha value is -3.21. The molecule has 0 saturated carbocycles. The number of ether oxygens (including phenoxy) is 1. The molecule has 5 heteroatoms. The molecule has 2 aromatic carbocycles. The largest absolute Gasteiger partial charge is 0.452 e. The normalized spacial score (nSPS) is 10.6. The predicted octanol–water partition coefficient (Wildman–Crippen LogP) is 3.96. The number of nitrogens with one attached hydrogen (secondary N) is 1. The summed E-state index contributed by atoms with van der Waals surface area (Å²) >= 11 is 0. The van der Waals surface area contributed by atoms with Crippen LogP contribution in [0.15, 0.2) is 48.5 Å². The van der Waals surface area contributed by atoms with Crippen LogP contribution in [0.5, 0.6) is 0 Å². The van der Waals surface area contributed by atoms with Crippen molar-refractivity contribution in [1.82, 2.24) is 4.98 Å². The average molecular weight is 348 g/mol. The molecule has 0 atom stereocenters. The van der Waals surface area contributed by atoms with Gasteiger partial charge in [-0.3, -0.25) is 9.78 Å². The lowest BCUT2D eigenvalue weighted by atomic mass is 10.1. The zero-order valence-corrected chi connectivity index (χ0v) is 15.0. The van der Waals surface area contributed by atoms with Crippen LogP contribution >= 0.6 is 0 Å². The average Bonchev–Trinajstić information content (AvgIpc) is 2.62. The van der Waals surface area contributed by atoms with E-state index >= 15 is 0 Å². The second-order valence-corrected chi connectivity index (χ2v) is 6.20. The minimum atomic E-state index is -0.539. The van der Waals surface area contributed by atoms with E-state index in [1.165, 1.54) is 0 Å². The molecule has 0 bridgehead atoms. The molecule has 0 radical (unpaired) electrons. The summed E-state index contributed by atoms with van der Waals surface area (Å²) in [6, 6.07) is 14.7. The molecule has 0 saturated heterocycles. The van der Waals surface area contributed by atoms with Crippen molar-refractivity contribution in [3.05, 3.63) is 70.9 Å². The third-order valence-electron chi connectivity index (χ3n) is 4.28. The fourth-order valence-corrected chi connectivity index (χ4v) is 2.76. The first-order chi connectivity index (χ1) is 12.5. The Morgan fingerprint density at radius 2 is 1.81 bits per heavy atom. The number of carbonyl (C=O) groups excluding carboxylic acids is 2. The molecule has 0 unspecified atom stereocenters. The molecular formula is C21H20N2O3. The number of esters is 1. The monoisotopic (exact) mass is 348 g/mol. The summed E-state index contributed by atoms with van der Waals surface area (Å²) < 4.78 is 5.22. The van der Waals surface area contributed by atoms with E-state index in [0.29, 0.717) is 10.9 Å². The van der Waals surface area contributed by atoms with Crippen LogP contribution < -0.4 is 5.32 Å². The van der Waals surface area contributed by atoms with E-state index in [4.69, 9.17) is 4.74 Å². The molecule has 132 valence electrons. The number of fused-ring (bicyclic) bond motifs is 1. The van der Waals surface area contributed by atoms with E-state index in [9.17, 15) is 9.59 Å². The first-order valence-corrected chi connectivity index (χ1v) is 8.35. The van der Waals surface area contributed by atoms with Gasteiger partial charge in [0.05, 0.1) is 11.1 Å². The van der Waals surface area contributed by atoms with Crippen molar-refractivity contribution in [2.24, 2.45) is 0 Å². The van der Waals surface area contributed by atoms with Gasteiger partial charge in [0.1, 0.15) is 0 Å². The van der Waals surface area contributed by atoms with Gasteiger partial charge in [0.25, 0.3) is 5.91 Å². The number of pyridine rings is 1. The number of nitrogens with zero attached hydrogens (tertiary/aromatic N) is 1. The number of aromatic nitrogens is 1. The number of aryl methyl sites for hydroxylation is 2. The Morgan fingerprint density at radius 1 is 1.04 bits per heavy atom. The topological polar surface area (TPSA) is 68.3 Å². The van der Waals surface area contributed by atoms with Gasteiger partial charge in [-0.25, -0.2) is 4.79 Å². The van der Waals surface area contributed by atoms with Gasteiger partial charge < -0.3 is 10.1 Å². The molecule has 3 rings (SSSR count). The van der Waals surface area contributed by atoms with Crippen LogP contribution in [0.4, 0.5) is 5.69 Å². The van der Waals surface area contributed by atoms with Crippen LogP contribution in [0.3, 0.4) is 0 Å².